The van der Waals surface area contributed by atoms with Crippen LogP contribution in [0.3, 0.4) is 0 Å². The number of carbonyl (C=O) groups is 1. The number of carbonyl (C=O) groups excluding carboxylic acids is 1. The topological polar surface area (TPSA) is 127 Å². The van der Waals surface area contributed by atoms with Gasteiger partial charge in [0.2, 0.25) is 5.75 Å². The van der Waals surface area contributed by atoms with Crippen molar-refractivity contribution < 1.29 is 35.1 Å². The molecule has 1 aliphatic rings. The second-order valence-corrected chi connectivity index (χ2v) is 4.91. The molecule has 0 aliphatic carbocycles. The van der Waals surface area contributed by atoms with Crippen LogP contribution < -0.4 is 4.74 Å². The van der Waals surface area contributed by atoms with E-state index in [-0.39, 0.29) is 22.6 Å². The Morgan fingerprint density at radius 3 is 2.27 bits per heavy atom. The normalized spacial score (nSPS) is 20.3. The highest BCUT2D eigenvalue weighted by molar-refractivity contribution is 6.04. The number of ketones is 1. The number of aromatic hydroxyl groups is 4. The molecule has 2 aromatic rings. The molecule has 0 radical (unpaired) electrons. The van der Waals surface area contributed by atoms with Crippen molar-refractivity contribution in [2.45, 2.75) is 12.2 Å². The average molecular weight is 304 g/mol. The van der Waals surface area contributed by atoms with Crippen LogP contribution >= 0.6 is 0 Å². The fourth-order valence-corrected chi connectivity index (χ4v) is 2.33. The maximum Gasteiger partial charge on any atom is 0.201 e. The Labute approximate surface area is 124 Å². The van der Waals surface area contributed by atoms with E-state index in [1.54, 1.807) is 0 Å². The number of phenols is 4. The van der Waals surface area contributed by atoms with Crippen molar-refractivity contribution >= 4 is 5.78 Å². The van der Waals surface area contributed by atoms with Crippen LogP contribution in [0.1, 0.15) is 22.0 Å². The van der Waals surface area contributed by atoms with Crippen molar-refractivity contribution in [2.24, 2.45) is 0 Å². The number of benzene rings is 2. The lowest BCUT2D eigenvalue weighted by molar-refractivity contribution is 0.0202. The Kier molecular flexibility index (Phi) is 3.07. The first kappa shape index (κ1) is 14.0. The van der Waals surface area contributed by atoms with Gasteiger partial charge in [-0.1, -0.05) is 6.07 Å². The molecular weight excluding hydrogens is 292 g/mol. The van der Waals surface area contributed by atoms with Gasteiger partial charge in [-0.3, -0.25) is 4.79 Å². The zero-order chi connectivity index (χ0) is 16.0. The second-order valence-electron chi connectivity index (χ2n) is 4.91. The predicted molar refractivity (Wildman–Crippen MR) is 73.2 cm³/mol. The first-order valence-corrected chi connectivity index (χ1v) is 6.36. The molecule has 0 spiro atoms. The Morgan fingerprint density at radius 1 is 0.909 bits per heavy atom. The van der Waals surface area contributed by atoms with Gasteiger partial charge in [0, 0.05) is 0 Å². The Bertz CT molecular complexity index is 769. The SMILES string of the molecule is O=C1c2ccc(O)c(O)c2OC(c2ccc(O)c(O)c2)C1O. The highest BCUT2D eigenvalue weighted by atomic mass is 16.5. The smallest absolute Gasteiger partial charge is 0.201 e. The van der Waals surface area contributed by atoms with Crippen LogP contribution in [0.25, 0.3) is 0 Å². The summed E-state index contributed by atoms with van der Waals surface area (Å²) in [5, 5.41) is 48.2. The number of hydrogen-bond donors (Lipinski definition) is 5. The number of hydrogen-bond acceptors (Lipinski definition) is 7. The van der Waals surface area contributed by atoms with Crippen LogP contribution in [0.15, 0.2) is 30.3 Å². The standard InChI is InChI=1S/C15H12O7/c16-8-3-1-6(5-10(8)18)14-13(21)11(19)7-2-4-9(17)12(20)15(7)22-14/h1-5,13-14,16-18,20-21H. The lowest BCUT2D eigenvalue weighted by Crippen LogP contribution is -2.36. The van der Waals surface area contributed by atoms with Crippen LogP contribution in [0.5, 0.6) is 28.7 Å². The van der Waals surface area contributed by atoms with E-state index in [0.717, 1.165) is 12.1 Å². The maximum absolute atomic E-state index is 12.2. The summed E-state index contributed by atoms with van der Waals surface area (Å²) in [4.78, 5) is 12.2. The largest absolute Gasteiger partial charge is 0.504 e. The zero-order valence-electron chi connectivity index (χ0n) is 11.1. The van der Waals surface area contributed by atoms with Crippen molar-refractivity contribution in [3.8, 4) is 28.7 Å². The molecule has 2 unspecified atom stereocenters. The van der Waals surface area contributed by atoms with Crippen molar-refractivity contribution in [2.75, 3.05) is 0 Å². The molecule has 1 aliphatic heterocycles. The fraction of sp³-hybridized carbons (Fsp3) is 0.133. The van der Waals surface area contributed by atoms with Gasteiger partial charge in [-0.05, 0) is 29.8 Å². The zero-order valence-corrected chi connectivity index (χ0v) is 11.1. The minimum absolute atomic E-state index is 0.0537. The van der Waals surface area contributed by atoms with E-state index in [2.05, 4.69) is 0 Å². The molecule has 5 N–H and O–H groups in total. The highest BCUT2D eigenvalue weighted by Gasteiger charge is 2.39. The quantitative estimate of drug-likeness (QED) is 0.501. The van der Waals surface area contributed by atoms with Crippen molar-refractivity contribution in [1.29, 1.82) is 0 Å². The number of aliphatic hydroxyl groups excluding tert-OH is 1. The van der Waals surface area contributed by atoms with E-state index in [0.29, 0.717) is 0 Å². The third-order valence-electron chi connectivity index (χ3n) is 3.50. The van der Waals surface area contributed by atoms with Gasteiger partial charge in [-0.15, -0.1) is 0 Å². The van der Waals surface area contributed by atoms with E-state index in [1.165, 1.54) is 18.2 Å². The predicted octanol–water partition coefficient (Wildman–Crippen LogP) is 1.19. The molecule has 0 aromatic heterocycles. The summed E-state index contributed by atoms with van der Waals surface area (Å²) in [5.41, 5.74) is 0.173. The van der Waals surface area contributed by atoms with E-state index in [9.17, 15) is 30.3 Å². The Morgan fingerprint density at radius 2 is 1.59 bits per heavy atom. The summed E-state index contributed by atoms with van der Waals surface area (Å²) in [6.07, 6.45) is -2.75. The monoisotopic (exact) mass is 304 g/mol. The van der Waals surface area contributed by atoms with Gasteiger partial charge in [-0.25, -0.2) is 0 Å². The minimum Gasteiger partial charge on any atom is -0.504 e. The van der Waals surface area contributed by atoms with Crippen LogP contribution in [0, 0.1) is 0 Å². The van der Waals surface area contributed by atoms with Gasteiger partial charge in [0.05, 0.1) is 5.56 Å². The summed E-state index contributed by atoms with van der Waals surface area (Å²) >= 11 is 0. The minimum atomic E-state index is -1.56. The van der Waals surface area contributed by atoms with E-state index < -0.39 is 35.2 Å². The number of aliphatic hydroxyl groups is 1. The molecule has 0 amide bonds. The summed E-state index contributed by atoms with van der Waals surface area (Å²) < 4.78 is 5.43. The highest BCUT2D eigenvalue weighted by Crippen LogP contribution is 2.45. The Balaban J connectivity index is 2.09. The molecule has 114 valence electrons. The van der Waals surface area contributed by atoms with Gasteiger partial charge in [-0.2, -0.15) is 0 Å². The van der Waals surface area contributed by atoms with Gasteiger partial charge in [0.1, 0.15) is 0 Å². The molecular formula is C15H12O7. The van der Waals surface area contributed by atoms with Crippen molar-refractivity contribution in [3.05, 3.63) is 41.5 Å². The number of ether oxygens (including phenoxy) is 1. The van der Waals surface area contributed by atoms with Crippen LogP contribution in [0.2, 0.25) is 0 Å². The van der Waals surface area contributed by atoms with Crippen molar-refractivity contribution in [3.63, 3.8) is 0 Å². The molecule has 0 saturated carbocycles. The molecule has 22 heavy (non-hydrogen) atoms. The third kappa shape index (κ3) is 1.99. The first-order chi connectivity index (χ1) is 10.4. The molecule has 1 heterocycles. The van der Waals surface area contributed by atoms with E-state index >= 15 is 0 Å². The summed E-state index contributed by atoms with van der Waals surface area (Å²) in [7, 11) is 0. The summed E-state index contributed by atoms with van der Waals surface area (Å²) in [6, 6.07) is 6.04. The second kappa shape index (κ2) is 4.81. The molecule has 7 nitrogen and oxygen atoms in total. The van der Waals surface area contributed by atoms with Gasteiger partial charge < -0.3 is 30.3 Å². The van der Waals surface area contributed by atoms with Gasteiger partial charge in [0.15, 0.2) is 41.0 Å². The fourth-order valence-electron chi connectivity index (χ4n) is 2.33. The lowest BCUT2D eigenvalue weighted by Gasteiger charge is -2.30. The van der Waals surface area contributed by atoms with Crippen LogP contribution in [0.4, 0.5) is 0 Å². The number of Topliss-reactive ketones (excluding diaryl/α,β-unsaturated/α-hetero) is 1. The van der Waals surface area contributed by atoms with Gasteiger partial charge in [0.25, 0.3) is 0 Å². The lowest BCUT2D eigenvalue weighted by atomic mass is 9.93. The maximum atomic E-state index is 12.2. The average Bonchev–Trinajstić information content (AvgIpc) is 2.49. The molecule has 3 rings (SSSR count). The van der Waals surface area contributed by atoms with E-state index in [4.69, 9.17) is 4.74 Å². The molecule has 0 fully saturated rings. The summed E-state index contributed by atoms with van der Waals surface area (Å²) in [6.45, 7) is 0. The molecule has 7 heteroatoms. The molecule has 2 atom stereocenters. The molecule has 0 bridgehead atoms. The number of rotatable bonds is 1. The molecule has 2 aromatic carbocycles. The number of fused-ring (bicyclic) bond motifs is 1. The number of phenolic OH excluding ortho intramolecular Hbond substituents is 4. The van der Waals surface area contributed by atoms with E-state index in [1.807, 2.05) is 0 Å². The first-order valence-electron chi connectivity index (χ1n) is 6.36. The van der Waals surface area contributed by atoms with Crippen LogP contribution in [-0.4, -0.2) is 37.4 Å². The summed E-state index contributed by atoms with van der Waals surface area (Å²) in [5.74, 6) is -2.80. The molecule has 0 saturated heterocycles. The van der Waals surface area contributed by atoms with Crippen LogP contribution in [-0.2, 0) is 0 Å². The van der Waals surface area contributed by atoms with Crippen molar-refractivity contribution in [1.82, 2.24) is 0 Å². The van der Waals surface area contributed by atoms with Gasteiger partial charge >= 0.3 is 0 Å². The third-order valence-corrected chi connectivity index (χ3v) is 3.50. The Hall–Kier alpha value is -2.93.